The maximum atomic E-state index is 10.8. The average Bonchev–Trinajstić information content (AvgIpc) is 2.25. The van der Waals surface area contributed by atoms with Crippen LogP contribution in [0.2, 0.25) is 0 Å². The minimum absolute atomic E-state index is 0.0989. The maximum Gasteiger partial charge on any atom is 0.311 e. The van der Waals surface area contributed by atoms with E-state index in [4.69, 9.17) is 0 Å². The van der Waals surface area contributed by atoms with Crippen LogP contribution >= 0.6 is 0 Å². The summed E-state index contributed by atoms with van der Waals surface area (Å²) >= 11 is 0. The third-order valence-electron chi connectivity index (χ3n) is 2.28. The van der Waals surface area contributed by atoms with Crippen LogP contribution in [0.3, 0.4) is 0 Å². The quantitative estimate of drug-likeness (QED) is 0.574. The van der Waals surface area contributed by atoms with E-state index in [1.54, 1.807) is 6.92 Å². The second-order valence-electron chi connectivity index (χ2n) is 4.72. The van der Waals surface area contributed by atoms with Crippen LogP contribution in [0.25, 0.3) is 0 Å². The summed E-state index contributed by atoms with van der Waals surface area (Å²) in [6.45, 7) is 2.29. The van der Waals surface area contributed by atoms with Gasteiger partial charge in [-0.05, 0) is 27.1 Å². The number of aliphatic hydroxyl groups is 1. The molecule has 7 nitrogen and oxygen atoms in total. The topological polar surface area (TPSA) is 91.5 Å². The summed E-state index contributed by atoms with van der Waals surface area (Å²) in [6.07, 6.45) is 1.47. The third-order valence-corrected chi connectivity index (χ3v) is 2.28. The number of pyridine rings is 1. The van der Waals surface area contributed by atoms with Gasteiger partial charge in [0.05, 0.1) is 10.5 Å². The Morgan fingerprint density at radius 3 is 2.83 bits per heavy atom. The first-order valence-electron chi connectivity index (χ1n) is 5.52. The minimum Gasteiger partial charge on any atom is -0.387 e. The predicted molar refractivity (Wildman–Crippen MR) is 68.6 cm³/mol. The maximum absolute atomic E-state index is 10.8. The summed E-state index contributed by atoms with van der Waals surface area (Å²) < 4.78 is 0. The highest BCUT2D eigenvalue weighted by Gasteiger charge is 2.23. The third kappa shape index (κ3) is 4.27. The second-order valence-corrected chi connectivity index (χ2v) is 4.72. The number of hydrogen-bond donors (Lipinski definition) is 2. The molecule has 0 spiro atoms. The molecule has 0 amide bonds. The normalized spacial score (nSPS) is 14.3. The summed E-state index contributed by atoms with van der Waals surface area (Å²) in [4.78, 5) is 16.0. The van der Waals surface area contributed by atoms with Crippen LogP contribution in [0.5, 0.6) is 0 Å². The Morgan fingerprint density at radius 2 is 2.28 bits per heavy atom. The van der Waals surface area contributed by atoms with Gasteiger partial charge < -0.3 is 15.3 Å². The van der Waals surface area contributed by atoms with Crippen LogP contribution in [0.15, 0.2) is 18.3 Å². The monoisotopic (exact) mass is 254 g/mol. The SMILES string of the molecule is CN(C)CC(C)(O)CNc1ncccc1[N+](=O)[O-]. The highest BCUT2D eigenvalue weighted by atomic mass is 16.6. The Labute approximate surface area is 106 Å². The van der Waals surface area contributed by atoms with E-state index in [2.05, 4.69) is 10.3 Å². The van der Waals surface area contributed by atoms with E-state index in [0.29, 0.717) is 6.54 Å². The predicted octanol–water partition coefficient (Wildman–Crippen LogP) is 0.714. The van der Waals surface area contributed by atoms with Crippen LogP contribution in [-0.4, -0.2) is 52.7 Å². The average molecular weight is 254 g/mol. The van der Waals surface area contributed by atoms with Gasteiger partial charge in [0.2, 0.25) is 5.82 Å². The number of nitrogens with zero attached hydrogens (tertiary/aromatic N) is 3. The fourth-order valence-corrected chi connectivity index (χ4v) is 1.69. The lowest BCUT2D eigenvalue weighted by atomic mass is 10.1. The van der Waals surface area contributed by atoms with Crippen molar-refractivity contribution in [1.29, 1.82) is 0 Å². The summed E-state index contributed by atoms with van der Waals surface area (Å²) in [6, 6.07) is 2.87. The number of likely N-dealkylation sites (N-methyl/N-ethyl adjacent to an activating group) is 1. The molecule has 18 heavy (non-hydrogen) atoms. The van der Waals surface area contributed by atoms with Gasteiger partial charge in [-0.25, -0.2) is 4.98 Å². The molecule has 2 N–H and O–H groups in total. The van der Waals surface area contributed by atoms with Crippen LogP contribution in [0.4, 0.5) is 11.5 Å². The fourth-order valence-electron chi connectivity index (χ4n) is 1.69. The number of nitrogens with one attached hydrogen (secondary N) is 1. The summed E-state index contributed by atoms with van der Waals surface area (Å²) in [5.74, 6) is 0.168. The van der Waals surface area contributed by atoms with E-state index in [1.807, 2.05) is 19.0 Å². The van der Waals surface area contributed by atoms with Gasteiger partial charge in [-0.2, -0.15) is 0 Å². The van der Waals surface area contributed by atoms with Gasteiger partial charge >= 0.3 is 5.69 Å². The van der Waals surface area contributed by atoms with Gasteiger partial charge in [-0.1, -0.05) is 0 Å². The Hall–Kier alpha value is -1.73. The molecule has 0 aliphatic rings. The molecule has 0 aliphatic carbocycles. The molecule has 1 aromatic heterocycles. The molecule has 1 unspecified atom stereocenters. The summed E-state index contributed by atoms with van der Waals surface area (Å²) in [7, 11) is 3.69. The summed E-state index contributed by atoms with van der Waals surface area (Å²) in [5, 5.41) is 23.7. The van der Waals surface area contributed by atoms with Gasteiger partial charge in [0.1, 0.15) is 0 Å². The fraction of sp³-hybridized carbons (Fsp3) is 0.545. The highest BCUT2D eigenvalue weighted by molar-refractivity contribution is 5.55. The zero-order valence-corrected chi connectivity index (χ0v) is 10.8. The molecule has 0 saturated carbocycles. The van der Waals surface area contributed by atoms with E-state index in [-0.39, 0.29) is 18.1 Å². The van der Waals surface area contributed by atoms with Gasteiger partial charge in [-0.15, -0.1) is 0 Å². The first-order chi connectivity index (χ1) is 8.32. The summed E-state index contributed by atoms with van der Waals surface area (Å²) in [5.41, 5.74) is -1.09. The van der Waals surface area contributed by atoms with Gasteiger partial charge in [-0.3, -0.25) is 10.1 Å². The Balaban J connectivity index is 2.71. The first kappa shape index (κ1) is 14.3. The largest absolute Gasteiger partial charge is 0.387 e. The van der Waals surface area contributed by atoms with Crippen molar-refractivity contribution in [2.24, 2.45) is 0 Å². The Kier molecular flexibility index (Phi) is 4.57. The second kappa shape index (κ2) is 5.74. The molecule has 0 aliphatic heterocycles. The minimum atomic E-state index is -0.991. The molecule has 1 heterocycles. The Morgan fingerprint density at radius 1 is 1.61 bits per heavy atom. The van der Waals surface area contributed by atoms with Crippen molar-refractivity contribution < 1.29 is 10.0 Å². The van der Waals surface area contributed by atoms with E-state index in [0.717, 1.165) is 0 Å². The molecule has 0 radical (unpaired) electrons. The lowest BCUT2D eigenvalue weighted by molar-refractivity contribution is -0.384. The van der Waals surface area contributed by atoms with Crippen molar-refractivity contribution in [2.45, 2.75) is 12.5 Å². The molecule has 0 aromatic carbocycles. The van der Waals surface area contributed by atoms with Crippen molar-refractivity contribution in [3.05, 3.63) is 28.4 Å². The molecule has 0 fully saturated rings. The molecule has 0 saturated heterocycles. The van der Waals surface area contributed by atoms with Crippen LogP contribution in [-0.2, 0) is 0 Å². The van der Waals surface area contributed by atoms with Crippen LogP contribution in [0.1, 0.15) is 6.92 Å². The van der Waals surface area contributed by atoms with Gasteiger partial charge in [0, 0.05) is 25.4 Å². The van der Waals surface area contributed by atoms with Crippen molar-refractivity contribution in [2.75, 3.05) is 32.5 Å². The molecule has 7 heteroatoms. The van der Waals surface area contributed by atoms with Crippen molar-refractivity contribution in [3.63, 3.8) is 0 Å². The lowest BCUT2D eigenvalue weighted by Gasteiger charge is -2.27. The van der Waals surface area contributed by atoms with Gasteiger partial charge in [0.25, 0.3) is 0 Å². The molecular formula is C11H18N4O3. The molecule has 0 bridgehead atoms. The van der Waals surface area contributed by atoms with Crippen molar-refractivity contribution >= 4 is 11.5 Å². The molecule has 100 valence electrons. The van der Waals surface area contributed by atoms with Crippen molar-refractivity contribution in [1.82, 2.24) is 9.88 Å². The van der Waals surface area contributed by atoms with Gasteiger partial charge in [0.15, 0.2) is 0 Å². The van der Waals surface area contributed by atoms with Crippen molar-refractivity contribution in [3.8, 4) is 0 Å². The molecule has 1 rings (SSSR count). The zero-order chi connectivity index (χ0) is 13.8. The standard InChI is InChI=1S/C11H18N4O3/c1-11(16,8-14(2)3)7-13-10-9(15(17)18)5-4-6-12-10/h4-6,16H,7-8H2,1-3H3,(H,12,13). The molecule has 1 aromatic rings. The molecule has 1 atom stereocenters. The number of anilines is 1. The number of nitro groups is 1. The van der Waals surface area contributed by atoms with Crippen LogP contribution < -0.4 is 5.32 Å². The molecular weight excluding hydrogens is 236 g/mol. The first-order valence-corrected chi connectivity index (χ1v) is 5.52. The number of hydrogen-bond acceptors (Lipinski definition) is 6. The Bertz CT molecular complexity index is 421. The highest BCUT2D eigenvalue weighted by Crippen LogP contribution is 2.20. The number of aromatic nitrogens is 1. The smallest absolute Gasteiger partial charge is 0.311 e. The van der Waals surface area contributed by atoms with E-state index in [1.165, 1.54) is 18.3 Å². The number of rotatable bonds is 6. The van der Waals surface area contributed by atoms with E-state index in [9.17, 15) is 15.2 Å². The zero-order valence-electron chi connectivity index (χ0n) is 10.8. The van der Waals surface area contributed by atoms with Crippen LogP contribution in [0, 0.1) is 10.1 Å². The van der Waals surface area contributed by atoms with E-state index < -0.39 is 10.5 Å². The van der Waals surface area contributed by atoms with E-state index >= 15 is 0 Å². The lowest BCUT2D eigenvalue weighted by Crippen LogP contribution is -2.43.